The van der Waals surface area contributed by atoms with E-state index in [0.29, 0.717) is 37.4 Å². The van der Waals surface area contributed by atoms with Gasteiger partial charge in [0.25, 0.3) is 11.8 Å². The van der Waals surface area contributed by atoms with Crippen molar-refractivity contribution in [2.45, 2.75) is 43.6 Å². The monoisotopic (exact) mass is 485 g/mol. The number of nitrogens with one attached hydrogen (secondary N) is 3. The van der Waals surface area contributed by atoms with Gasteiger partial charge < -0.3 is 5.32 Å². The van der Waals surface area contributed by atoms with Gasteiger partial charge in [0.1, 0.15) is 17.6 Å². The molecule has 2 aliphatic rings. The summed E-state index contributed by atoms with van der Waals surface area (Å²) in [7, 11) is 0. The van der Waals surface area contributed by atoms with Crippen LogP contribution in [0, 0.1) is 0 Å². The fraction of sp³-hybridized carbons (Fsp3) is 0.333. The second-order valence-electron chi connectivity index (χ2n) is 8.00. The first-order chi connectivity index (χ1) is 15.9. The molecule has 2 amide bonds. The standard InChI is InChI=1S/C21H17F6N5O2/c22-20(23,24)11-3-4-14(12(7-11)15-8-16(21(25,26)27)29-10-28-15)30-17(33)13-9-19(5-1-2-6-19)32-31-18(13)34/h3-4,7-10,32H,1-2,5-6H2,(H,30,33)(H,31,34). The molecule has 2 heterocycles. The number of amides is 2. The first-order valence-electron chi connectivity index (χ1n) is 10.1. The van der Waals surface area contributed by atoms with Crippen LogP contribution in [0.3, 0.4) is 0 Å². The van der Waals surface area contributed by atoms with Crippen LogP contribution in [0.4, 0.5) is 32.0 Å². The summed E-state index contributed by atoms with van der Waals surface area (Å²) in [5, 5.41) is 2.35. The molecule has 1 fully saturated rings. The molecule has 1 aliphatic carbocycles. The summed E-state index contributed by atoms with van der Waals surface area (Å²) in [6, 6.07) is 2.62. The number of benzene rings is 1. The Kier molecular flexibility index (Phi) is 5.84. The van der Waals surface area contributed by atoms with Crippen LogP contribution in [0.15, 0.2) is 42.2 Å². The van der Waals surface area contributed by atoms with Crippen LogP contribution in [0.2, 0.25) is 0 Å². The molecule has 1 aromatic heterocycles. The number of halogens is 6. The maximum atomic E-state index is 13.3. The zero-order valence-electron chi connectivity index (χ0n) is 17.3. The van der Waals surface area contributed by atoms with Crippen molar-refractivity contribution in [3.8, 4) is 11.3 Å². The highest BCUT2D eigenvalue weighted by atomic mass is 19.4. The van der Waals surface area contributed by atoms with Gasteiger partial charge in [0, 0.05) is 5.56 Å². The molecule has 1 aliphatic heterocycles. The van der Waals surface area contributed by atoms with Crippen LogP contribution in [-0.4, -0.2) is 27.3 Å². The van der Waals surface area contributed by atoms with Crippen molar-refractivity contribution in [2.75, 3.05) is 5.32 Å². The van der Waals surface area contributed by atoms with E-state index >= 15 is 0 Å². The van der Waals surface area contributed by atoms with E-state index in [1.165, 1.54) is 6.08 Å². The molecule has 0 radical (unpaired) electrons. The highest BCUT2D eigenvalue weighted by Crippen LogP contribution is 2.38. The average Bonchev–Trinajstić information content (AvgIpc) is 3.22. The molecule has 1 spiro atoms. The Bertz CT molecular complexity index is 1170. The minimum atomic E-state index is -4.86. The lowest BCUT2D eigenvalue weighted by Gasteiger charge is -2.32. The molecule has 0 bridgehead atoms. The van der Waals surface area contributed by atoms with Gasteiger partial charge in [0.15, 0.2) is 0 Å². The van der Waals surface area contributed by atoms with Gasteiger partial charge in [-0.1, -0.05) is 12.8 Å². The highest BCUT2D eigenvalue weighted by Gasteiger charge is 2.39. The summed E-state index contributed by atoms with van der Waals surface area (Å²) < 4.78 is 79.2. The minimum absolute atomic E-state index is 0.252. The van der Waals surface area contributed by atoms with Gasteiger partial charge in [-0.05, 0) is 43.2 Å². The summed E-state index contributed by atoms with van der Waals surface area (Å²) in [6.45, 7) is 0. The third-order valence-corrected chi connectivity index (χ3v) is 5.66. The lowest BCUT2D eigenvalue weighted by atomic mass is 9.93. The Morgan fingerprint density at radius 1 is 1.00 bits per heavy atom. The molecule has 0 saturated heterocycles. The molecule has 2 aromatic rings. The third-order valence-electron chi connectivity index (χ3n) is 5.66. The molecule has 34 heavy (non-hydrogen) atoms. The normalized spacial score (nSPS) is 17.9. The van der Waals surface area contributed by atoms with Crippen molar-refractivity contribution >= 4 is 17.5 Å². The fourth-order valence-electron chi connectivity index (χ4n) is 3.96. The van der Waals surface area contributed by atoms with Crippen LogP contribution in [-0.2, 0) is 21.9 Å². The Morgan fingerprint density at radius 3 is 2.35 bits per heavy atom. The second-order valence-corrected chi connectivity index (χ2v) is 8.00. The Hall–Kier alpha value is -3.48. The molecule has 13 heteroatoms. The number of anilines is 1. The predicted molar refractivity (Wildman–Crippen MR) is 107 cm³/mol. The summed E-state index contributed by atoms with van der Waals surface area (Å²) in [5.41, 5.74) is 0.741. The van der Waals surface area contributed by atoms with E-state index in [-0.39, 0.29) is 11.3 Å². The van der Waals surface area contributed by atoms with Crippen molar-refractivity contribution in [3.05, 3.63) is 53.5 Å². The molecule has 0 atom stereocenters. The number of hydrogen-bond donors (Lipinski definition) is 3. The Balaban J connectivity index is 1.74. The highest BCUT2D eigenvalue weighted by molar-refractivity contribution is 6.23. The molecule has 180 valence electrons. The topological polar surface area (TPSA) is 96.0 Å². The minimum Gasteiger partial charge on any atom is -0.321 e. The number of carbonyl (C=O) groups is 2. The molecule has 1 saturated carbocycles. The zero-order valence-corrected chi connectivity index (χ0v) is 17.3. The summed E-state index contributed by atoms with van der Waals surface area (Å²) >= 11 is 0. The van der Waals surface area contributed by atoms with Gasteiger partial charge >= 0.3 is 12.4 Å². The number of hydrogen-bond acceptors (Lipinski definition) is 5. The van der Waals surface area contributed by atoms with E-state index in [2.05, 4.69) is 26.1 Å². The van der Waals surface area contributed by atoms with Crippen LogP contribution >= 0.6 is 0 Å². The Labute approximate surface area is 188 Å². The van der Waals surface area contributed by atoms with E-state index in [1.54, 1.807) is 0 Å². The maximum absolute atomic E-state index is 13.3. The van der Waals surface area contributed by atoms with Crippen molar-refractivity contribution in [2.24, 2.45) is 0 Å². The van der Waals surface area contributed by atoms with Gasteiger partial charge in [-0.2, -0.15) is 26.3 Å². The predicted octanol–water partition coefficient (Wildman–Crippen LogP) is 3.99. The smallest absolute Gasteiger partial charge is 0.321 e. The van der Waals surface area contributed by atoms with Gasteiger partial charge in [-0.3, -0.25) is 15.0 Å². The van der Waals surface area contributed by atoms with E-state index in [0.717, 1.165) is 18.9 Å². The van der Waals surface area contributed by atoms with E-state index in [9.17, 15) is 35.9 Å². The molecule has 3 N–H and O–H groups in total. The number of hydrazine groups is 1. The quantitative estimate of drug-likeness (QED) is 0.452. The van der Waals surface area contributed by atoms with E-state index in [4.69, 9.17) is 0 Å². The number of alkyl halides is 6. The van der Waals surface area contributed by atoms with Crippen LogP contribution in [0.1, 0.15) is 36.9 Å². The van der Waals surface area contributed by atoms with Crippen molar-refractivity contribution in [3.63, 3.8) is 0 Å². The molecule has 4 rings (SSSR count). The third kappa shape index (κ3) is 4.74. The van der Waals surface area contributed by atoms with Gasteiger partial charge in [-0.15, -0.1) is 0 Å². The van der Waals surface area contributed by atoms with Gasteiger partial charge in [-0.25, -0.2) is 15.4 Å². The molecule has 7 nitrogen and oxygen atoms in total. The van der Waals surface area contributed by atoms with Gasteiger partial charge in [0.2, 0.25) is 0 Å². The number of carbonyl (C=O) groups excluding carboxylic acids is 2. The Morgan fingerprint density at radius 2 is 1.71 bits per heavy atom. The lowest BCUT2D eigenvalue weighted by molar-refractivity contribution is -0.141. The molecular formula is C21H17F6N5O2. The first-order valence-corrected chi connectivity index (χ1v) is 10.1. The average molecular weight is 485 g/mol. The molecule has 0 unspecified atom stereocenters. The fourth-order valence-corrected chi connectivity index (χ4v) is 3.96. The SMILES string of the molecule is O=C1NNC2(C=C1C(=O)Nc1ccc(C(F)(F)F)cc1-c1cc(C(F)(F)F)ncn1)CCCC2. The number of nitrogens with zero attached hydrogens (tertiary/aromatic N) is 2. The lowest BCUT2D eigenvalue weighted by Crippen LogP contribution is -2.57. The largest absolute Gasteiger partial charge is 0.433 e. The van der Waals surface area contributed by atoms with Crippen LogP contribution < -0.4 is 16.2 Å². The van der Waals surface area contributed by atoms with E-state index in [1.807, 2.05) is 0 Å². The zero-order chi connectivity index (χ0) is 24.7. The van der Waals surface area contributed by atoms with Crippen molar-refractivity contribution < 1.29 is 35.9 Å². The number of rotatable bonds is 3. The summed E-state index contributed by atoms with van der Waals surface area (Å²) in [5.74, 6) is -1.67. The molecule has 1 aromatic carbocycles. The number of aromatic nitrogens is 2. The van der Waals surface area contributed by atoms with Crippen molar-refractivity contribution in [1.82, 2.24) is 20.8 Å². The summed E-state index contributed by atoms with van der Waals surface area (Å²) in [4.78, 5) is 31.9. The molecular weight excluding hydrogens is 468 g/mol. The van der Waals surface area contributed by atoms with Gasteiger partial charge in [0.05, 0.1) is 22.5 Å². The first kappa shape index (κ1) is 23.7. The van der Waals surface area contributed by atoms with Crippen LogP contribution in [0.25, 0.3) is 11.3 Å². The second kappa shape index (κ2) is 8.38. The van der Waals surface area contributed by atoms with E-state index < -0.39 is 52.2 Å². The van der Waals surface area contributed by atoms with Crippen molar-refractivity contribution in [1.29, 1.82) is 0 Å². The summed E-state index contributed by atoms with van der Waals surface area (Å²) in [6.07, 6.45) is -4.56. The van der Waals surface area contributed by atoms with Crippen LogP contribution in [0.5, 0.6) is 0 Å². The maximum Gasteiger partial charge on any atom is 0.433 e.